The number of ether oxygens (including phenoxy) is 2. The van der Waals surface area contributed by atoms with Gasteiger partial charge >= 0.3 is 5.97 Å². The van der Waals surface area contributed by atoms with Crippen LogP contribution in [0.1, 0.15) is 95.6 Å². The summed E-state index contributed by atoms with van der Waals surface area (Å²) in [6, 6.07) is 6.63. The van der Waals surface area contributed by atoms with Gasteiger partial charge in [-0.05, 0) is 125 Å². The van der Waals surface area contributed by atoms with Crippen molar-refractivity contribution in [2.24, 2.45) is 0 Å². The average molecular weight is 578 g/mol. The van der Waals surface area contributed by atoms with E-state index < -0.39 is 29.3 Å². The van der Waals surface area contributed by atoms with E-state index in [9.17, 15) is 19.1 Å². The Morgan fingerprint density at radius 3 is 2.43 bits per heavy atom. The van der Waals surface area contributed by atoms with Gasteiger partial charge in [-0.15, -0.1) is 0 Å². The zero-order chi connectivity index (χ0) is 30.7. The number of aliphatic carboxylic acids is 1. The maximum atomic E-state index is 15.6. The van der Waals surface area contributed by atoms with Crippen molar-refractivity contribution in [3.63, 3.8) is 0 Å². The fraction of sp³-hybridized carbons (Fsp3) is 0.412. The minimum Gasteiger partial charge on any atom is -0.490 e. The van der Waals surface area contributed by atoms with Crippen LogP contribution in [-0.2, 0) is 22.5 Å². The number of nitrogens with zero attached hydrogens (tertiary/aromatic N) is 1. The lowest BCUT2D eigenvalue weighted by Crippen LogP contribution is -2.29. The van der Waals surface area contributed by atoms with E-state index in [0.29, 0.717) is 35.3 Å². The van der Waals surface area contributed by atoms with Gasteiger partial charge in [0.15, 0.2) is 17.7 Å². The Balaban J connectivity index is 1.78. The number of carbonyl (C=O) groups excluding carboxylic acids is 1. The van der Waals surface area contributed by atoms with Crippen LogP contribution in [0, 0.1) is 32.4 Å². The number of benzene rings is 3. The molecule has 0 bridgehead atoms. The van der Waals surface area contributed by atoms with Crippen LogP contribution >= 0.6 is 0 Å². The first-order chi connectivity index (χ1) is 19.7. The summed E-state index contributed by atoms with van der Waals surface area (Å²) < 4.78 is 41.4. The number of carboxylic acids is 1. The lowest BCUT2D eigenvalue weighted by atomic mass is 9.80. The second-order valence-corrected chi connectivity index (χ2v) is 12.3. The Morgan fingerprint density at radius 2 is 1.79 bits per heavy atom. The highest BCUT2D eigenvalue weighted by atomic mass is 19.1. The van der Waals surface area contributed by atoms with Gasteiger partial charge in [0.25, 0.3) is 5.91 Å². The number of halogens is 2. The molecule has 5 rings (SSSR count). The van der Waals surface area contributed by atoms with Gasteiger partial charge in [-0.25, -0.2) is 13.6 Å². The monoisotopic (exact) mass is 577 g/mol. The molecule has 0 aliphatic carbocycles. The predicted molar refractivity (Wildman–Crippen MR) is 156 cm³/mol. The molecule has 2 heterocycles. The zero-order valence-electron chi connectivity index (χ0n) is 25.2. The van der Waals surface area contributed by atoms with Crippen LogP contribution in [0.25, 0.3) is 11.1 Å². The molecule has 1 N–H and O–H groups in total. The van der Waals surface area contributed by atoms with Gasteiger partial charge in [-0.3, -0.25) is 4.79 Å². The van der Waals surface area contributed by atoms with Crippen molar-refractivity contribution in [1.29, 1.82) is 0 Å². The number of hydrogen-bond acceptors (Lipinski definition) is 4. The molecule has 2 unspecified atom stereocenters. The van der Waals surface area contributed by atoms with Gasteiger partial charge < -0.3 is 19.5 Å². The van der Waals surface area contributed by atoms with Crippen molar-refractivity contribution in [3.05, 3.63) is 86.5 Å². The molecule has 8 heteroatoms. The molecule has 3 aromatic carbocycles. The number of carbonyl (C=O) groups is 2. The number of fused-ring (bicyclic) bond motifs is 2. The second-order valence-electron chi connectivity index (χ2n) is 12.3. The highest BCUT2D eigenvalue weighted by Gasteiger charge is 2.40. The Hall–Kier alpha value is -3.78. The van der Waals surface area contributed by atoms with E-state index in [0.717, 1.165) is 34.2 Å². The zero-order valence-corrected chi connectivity index (χ0v) is 25.2. The predicted octanol–water partition coefficient (Wildman–Crippen LogP) is 7.54. The van der Waals surface area contributed by atoms with E-state index >= 15 is 4.39 Å². The van der Waals surface area contributed by atoms with Gasteiger partial charge in [-0.1, -0.05) is 6.07 Å². The number of amides is 1. The molecule has 0 saturated heterocycles. The first-order valence-corrected chi connectivity index (χ1v) is 14.3. The molecule has 42 heavy (non-hydrogen) atoms. The summed E-state index contributed by atoms with van der Waals surface area (Å²) in [5, 5.41) is 10.5. The quantitative estimate of drug-likeness (QED) is 0.339. The van der Waals surface area contributed by atoms with Gasteiger partial charge in [0, 0.05) is 23.2 Å². The average Bonchev–Trinajstić information content (AvgIpc) is 3.28. The molecular weight excluding hydrogens is 540 g/mol. The Bertz CT molecular complexity index is 1610. The number of carboxylic acid groups (broad SMARTS) is 1. The molecule has 6 nitrogen and oxygen atoms in total. The molecule has 3 aromatic rings. The largest absolute Gasteiger partial charge is 0.490 e. The van der Waals surface area contributed by atoms with Gasteiger partial charge in [0.1, 0.15) is 5.82 Å². The molecule has 0 fully saturated rings. The summed E-state index contributed by atoms with van der Waals surface area (Å²) >= 11 is 0. The van der Waals surface area contributed by atoms with Gasteiger partial charge in [0.2, 0.25) is 0 Å². The minimum atomic E-state index is -1.35. The first kappa shape index (κ1) is 29.7. The number of rotatable bonds is 5. The third kappa shape index (κ3) is 5.06. The Kier molecular flexibility index (Phi) is 7.64. The molecule has 2 atom stereocenters. The van der Waals surface area contributed by atoms with E-state index in [-0.39, 0.29) is 29.8 Å². The topological polar surface area (TPSA) is 76.1 Å². The van der Waals surface area contributed by atoms with Crippen molar-refractivity contribution in [2.75, 3.05) is 6.61 Å². The first-order valence-electron chi connectivity index (χ1n) is 14.3. The lowest BCUT2D eigenvalue weighted by molar-refractivity contribution is -0.160. The van der Waals surface area contributed by atoms with Crippen molar-refractivity contribution < 1.29 is 33.0 Å². The van der Waals surface area contributed by atoms with Crippen LogP contribution in [0.15, 0.2) is 30.3 Å². The van der Waals surface area contributed by atoms with Crippen LogP contribution < -0.4 is 4.74 Å². The van der Waals surface area contributed by atoms with E-state index in [1.54, 1.807) is 31.7 Å². The van der Waals surface area contributed by atoms with Gasteiger partial charge in [-0.2, -0.15) is 0 Å². The van der Waals surface area contributed by atoms with Gasteiger partial charge in [0.05, 0.1) is 18.2 Å². The SMILES string of the molecule is Cc1c(-c2c(C)c3c(c(C)c2C(OC(C)(C)C)C(=O)O)CN(C(=O)c2cccc(F)c2)C3C)cc(F)c2c1CCCO2. The fourth-order valence-corrected chi connectivity index (χ4v) is 6.56. The summed E-state index contributed by atoms with van der Waals surface area (Å²) in [5.74, 6) is -2.23. The van der Waals surface area contributed by atoms with E-state index in [1.165, 1.54) is 24.3 Å². The maximum absolute atomic E-state index is 15.6. The third-order valence-corrected chi connectivity index (χ3v) is 8.44. The van der Waals surface area contributed by atoms with Crippen LogP contribution in [0.5, 0.6) is 5.75 Å². The summed E-state index contributed by atoms with van der Waals surface area (Å²) in [7, 11) is 0. The van der Waals surface area contributed by atoms with E-state index in [1.807, 2.05) is 27.7 Å². The van der Waals surface area contributed by atoms with E-state index in [4.69, 9.17) is 9.47 Å². The standard InChI is InChI=1S/C34H37F2NO5/c1-17-23-12-9-13-41-30(23)26(36)15-24(17)28-19(3)27-20(4)37(32(38)21-10-8-11-22(35)14-21)16-25(27)18(2)29(28)31(33(39)40)42-34(5,6)7/h8,10-11,14-15,20,31H,9,12-13,16H2,1-7H3,(H,39,40). The Labute approximate surface area is 245 Å². The van der Waals surface area contributed by atoms with Crippen molar-refractivity contribution in [3.8, 4) is 16.9 Å². The molecular formula is C34H37F2NO5. The number of hydrogen-bond donors (Lipinski definition) is 1. The molecule has 0 saturated carbocycles. The van der Waals surface area contributed by atoms with Crippen LogP contribution in [0.2, 0.25) is 0 Å². The molecule has 2 aliphatic heterocycles. The van der Waals surface area contributed by atoms with Crippen LogP contribution in [0.3, 0.4) is 0 Å². The lowest BCUT2D eigenvalue weighted by Gasteiger charge is -2.31. The normalized spacial score (nSPS) is 17.0. The molecule has 0 spiro atoms. The maximum Gasteiger partial charge on any atom is 0.337 e. The molecule has 0 radical (unpaired) electrons. The molecule has 2 aliphatic rings. The van der Waals surface area contributed by atoms with Crippen molar-refractivity contribution >= 4 is 11.9 Å². The van der Waals surface area contributed by atoms with Crippen molar-refractivity contribution in [2.45, 2.75) is 85.6 Å². The summed E-state index contributed by atoms with van der Waals surface area (Å²) in [4.78, 5) is 28.1. The van der Waals surface area contributed by atoms with Crippen LogP contribution in [0.4, 0.5) is 8.78 Å². The molecule has 1 amide bonds. The van der Waals surface area contributed by atoms with Crippen LogP contribution in [-0.4, -0.2) is 34.1 Å². The van der Waals surface area contributed by atoms with E-state index in [2.05, 4.69) is 0 Å². The highest BCUT2D eigenvalue weighted by molar-refractivity contribution is 5.95. The minimum absolute atomic E-state index is 0.221. The summed E-state index contributed by atoms with van der Waals surface area (Å²) in [6.07, 6.45) is 0.0597. The Morgan fingerprint density at radius 1 is 1.07 bits per heavy atom. The summed E-state index contributed by atoms with van der Waals surface area (Å²) in [5.41, 5.74) is 5.81. The molecule has 0 aromatic heterocycles. The third-order valence-electron chi connectivity index (χ3n) is 8.44. The highest BCUT2D eigenvalue weighted by Crippen LogP contribution is 2.49. The second kappa shape index (κ2) is 10.8. The molecule has 222 valence electrons. The summed E-state index contributed by atoms with van der Waals surface area (Å²) in [6.45, 7) is 13.6. The van der Waals surface area contributed by atoms with Crippen molar-refractivity contribution in [1.82, 2.24) is 4.90 Å². The smallest absolute Gasteiger partial charge is 0.337 e. The fourth-order valence-electron chi connectivity index (χ4n) is 6.56.